The van der Waals surface area contributed by atoms with Gasteiger partial charge in [0.05, 0.1) is 16.6 Å². The number of amides is 1. The van der Waals surface area contributed by atoms with Gasteiger partial charge >= 0.3 is 6.09 Å². The Hall–Kier alpha value is -3.15. The fourth-order valence-corrected chi connectivity index (χ4v) is 2.95. The summed E-state index contributed by atoms with van der Waals surface area (Å²) in [5.41, 5.74) is 1.35. The van der Waals surface area contributed by atoms with Crippen molar-refractivity contribution in [3.8, 4) is 5.69 Å². The van der Waals surface area contributed by atoms with E-state index in [2.05, 4.69) is 17.2 Å². The first-order chi connectivity index (χ1) is 13.3. The van der Waals surface area contributed by atoms with E-state index in [1.807, 2.05) is 39.0 Å². The van der Waals surface area contributed by atoms with Crippen LogP contribution in [0.4, 0.5) is 10.5 Å². The van der Waals surface area contributed by atoms with E-state index < -0.39 is 11.7 Å². The van der Waals surface area contributed by atoms with Gasteiger partial charge in [0.1, 0.15) is 11.4 Å². The average molecular weight is 379 g/mol. The number of nitrogens with zero attached hydrogens (tertiary/aromatic N) is 2. The van der Waals surface area contributed by atoms with Crippen LogP contribution in [-0.4, -0.2) is 21.2 Å². The monoisotopic (exact) mass is 379 g/mol. The predicted molar refractivity (Wildman–Crippen MR) is 111 cm³/mol. The molecule has 0 bridgehead atoms. The Kier molecular flexibility index (Phi) is 5.49. The number of para-hydroxylation sites is 1. The van der Waals surface area contributed by atoms with E-state index in [-0.39, 0.29) is 5.56 Å². The van der Waals surface area contributed by atoms with E-state index >= 15 is 0 Å². The van der Waals surface area contributed by atoms with E-state index in [9.17, 15) is 9.59 Å². The number of carbonyl (C=O) groups excluding carboxylic acids is 1. The molecule has 0 unspecified atom stereocenters. The normalized spacial score (nSPS) is 11.4. The molecule has 0 radical (unpaired) electrons. The third kappa shape index (κ3) is 4.39. The molecular weight excluding hydrogens is 354 g/mol. The van der Waals surface area contributed by atoms with Crippen molar-refractivity contribution in [2.45, 2.75) is 46.1 Å². The third-order valence-electron chi connectivity index (χ3n) is 4.09. The largest absolute Gasteiger partial charge is 0.444 e. The minimum Gasteiger partial charge on any atom is -0.444 e. The van der Waals surface area contributed by atoms with Crippen LogP contribution in [-0.2, 0) is 11.2 Å². The molecule has 0 saturated carbocycles. The van der Waals surface area contributed by atoms with Crippen molar-refractivity contribution in [1.29, 1.82) is 0 Å². The van der Waals surface area contributed by atoms with E-state index in [1.165, 1.54) is 0 Å². The number of aromatic nitrogens is 2. The summed E-state index contributed by atoms with van der Waals surface area (Å²) in [7, 11) is 0. The smallest absolute Gasteiger partial charge is 0.412 e. The molecule has 6 nitrogen and oxygen atoms in total. The number of nitrogens with one attached hydrogen (secondary N) is 1. The number of carbonyl (C=O) groups is 1. The zero-order valence-electron chi connectivity index (χ0n) is 16.7. The molecule has 1 amide bonds. The lowest BCUT2D eigenvalue weighted by atomic mass is 10.2. The lowest BCUT2D eigenvalue weighted by molar-refractivity contribution is 0.0636. The van der Waals surface area contributed by atoms with Gasteiger partial charge < -0.3 is 4.74 Å². The second-order valence-electron chi connectivity index (χ2n) is 7.61. The lowest BCUT2D eigenvalue weighted by Crippen LogP contribution is -2.27. The van der Waals surface area contributed by atoms with Crippen molar-refractivity contribution in [2.24, 2.45) is 0 Å². The molecule has 0 aliphatic carbocycles. The van der Waals surface area contributed by atoms with Crippen molar-refractivity contribution in [2.75, 3.05) is 5.32 Å². The highest BCUT2D eigenvalue weighted by Gasteiger charge is 2.16. The van der Waals surface area contributed by atoms with Crippen LogP contribution in [0.2, 0.25) is 0 Å². The molecule has 0 atom stereocenters. The maximum absolute atomic E-state index is 13.1. The number of hydrogen-bond donors (Lipinski definition) is 1. The molecule has 0 spiro atoms. The molecule has 6 heteroatoms. The highest BCUT2D eigenvalue weighted by atomic mass is 16.6. The Balaban J connectivity index is 1.96. The molecule has 0 aliphatic heterocycles. The van der Waals surface area contributed by atoms with Crippen molar-refractivity contribution < 1.29 is 9.53 Å². The SMILES string of the molecule is CCCc1nc2ccccc2c(=O)n1-c1ccc(NC(=O)OC(C)(C)C)cc1. The van der Waals surface area contributed by atoms with Crippen LogP contribution in [0, 0.1) is 0 Å². The number of hydrogen-bond acceptors (Lipinski definition) is 4. The minimum absolute atomic E-state index is 0.0955. The number of anilines is 1. The van der Waals surface area contributed by atoms with Crippen LogP contribution in [0.15, 0.2) is 53.3 Å². The Labute approximate surface area is 164 Å². The number of aryl methyl sites for hydroxylation is 1. The van der Waals surface area contributed by atoms with E-state index in [0.717, 1.165) is 12.2 Å². The Morgan fingerprint density at radius 3 is 2.43 bits per heavy atom. The lowest BCUT2D eigenvalue weighted by Gasteiger charge is -2.19. The van der Waals surface area contributed by atoms with Gasteiger partial charge in [-0.2, -0.15) is 0 Å². The average Bonchev–Trinajstić information content (AvgIpc) is 2.62. The summed E-state index contributed by atoms with van der Waals surface area (Å²) in [4.78, 5) is 29.7. The minimum atomic E-state index is -0.566. The second-order valence-corrected chi connectivity index (χ2v) is 7.61. The van der Waals surface area contributed by atoms with E-state index in [4.69, 9.17) is 4.74 Å². The van der Waals surface area contributed by atoms with Crippen LogP contribution in [0.5, 0.6) is 0 Å². The predicted octanol–water partition coefficient (Wildman–Crippen LogP) is 4.69. The quantitative estimate of drug-likeness (QED) is 0.714. The maximum atomic E-state index is 13.1. The van der Waals surface area contributed by atoms with Crippen LogP contribution in [0.3, 0.4) is 0 Å². The first-order valence-corrected chi connectivity index (χ1v) is 9.39. The molecule has 2 aromatic carbocycles. The van der Waals surface area contributed by atoms with Crippen molar-refractivity contribution >= 4 is 22.7 Å². The van der Waals surface area contributed by atoms with Gasteiger partial charge in [-0.05, 0) is 63.6 Å². The molecule has 1 heterocycles. The van der Waals surface area contributed by atoms with Crippen molar-refractivity contribution in [3.05, 3.63) is 64.7 Å². The van der Waals surface area contributed by atoms with Gasteiger partial charge in [0.15, 0.2) is 0 Å². The van der Waals surface area contributed by atoms with E-state index in [0.29, 0.717) is 28.7 Å². The Bertz CT molecular complexity index is 1050. The third-order valence-corrected chi connectivity index (χ3v) is 4.09. The van der Waals surface area contributed by atoms with Crippen LogP contribution < -0.4 is 10.9 Å². The molecule has 1 N–H and O–H groups in total. The number of fused-ring (bicyclic) bond motifs is 1. The van der Waals surface area contributed by atoms with Gasteiger partial charge in [0, 0.05) is 12.1 Å². The van der Waals surface area contributed by atoms with Crippen molar-refractivity contribution in [3.63, 3.8) is 0 Å². The summed E-state index contributed by atoms with van der Waals surface area (Å²) >= 11 is 0. The summed E-state index contributed by atoms with van der Waals surface area (Å²) in [5, 5.41) is 3.28. The van der Waals surface area contributed by atoms with Crippen LogP contribution in [0.25, 0.3) is 16.6 Å². The highest BCUT2D eigenvalue weighted by Crippen LogP contribution is 2.17. The Morgan fingerprint density at radius 2 is 1.79 bits per heavy atom. The maximum Gasteiger partial charge on any atom is 0.412 e. The van der Waals surface area contributed by atoms with E-state index in [1.54, 1.807) is 34.9 Å². The van der Waals surface area contributed by atoms with Gasteiger partial charge in [-0.1, -0.05) is 19.1 Å². The van der Waals surface area contributed by atoms with Gasteiger partial charge in [-0.15, -0.1) is 0 Å². The summed E-state index contributed by atoms with van der Waals surface area (Å²) < 4.78 is 6.90. The zero-order valence-corrected chi connectivity index (χ0v) is 16.7. The first kappa shape index (κ1) is 19.6. The highest BCUT2D eigenvalue weighted by molar-refractivity contribution is 5.85. The molecule has 1 aromatic heterocycles. The van der Waals surface area contributed by atoms with Crippen LogP contribution >= 0.6 is 0 Å². The molecule has 0 aliphatic rings. The van der Waals surface area contributed by atoms with Gasteiger partial charge in [-0.3, -0.25) is 14.7 Å². The summed E-state index contributed by atoms with van der Waals surface area (Å²) in [5.74, 6) is 0.721. The summed E-state index contributed by atoms with van der Waals surface area (Å²) in [6.45, 7) is 7.48. The molecular formula is C22H25N3O3. The molecule has 0 saturated heterocycles. The first-order valence-electron chi connectivity index (χ1n) is 9.39. The summed E-state index contributed by atoms with van der Waals surface area (Å²) in [6, 6.07) is 14.4. The topological polar surface area (TPSA) is 73.2 Å². The Morgan fingerprint density at radius 1 is 1.11 bits per heavy atom. The van der Waals surface area contributed by atoms with Crippen molar-refractivity contribution in [1.82, 2.24) is 9.55 Å². The fourth-order valence-electron chi connectivity index (χ4n) is 2.95. The molecule has 3 aromatic rings. The summed E-state index contributed by atoms with van der Waals surface area (Å²) in [6.07, 6.45) is 1.05. The zero-order chi connectivity index (χ0) is 20.3. The second kappa shape index (κ2) is 7.84. The van der Waals surface area contributed by atoms with Crippen LogP contribution in [0.1, 0.15) is 39.9 Å². The van der Waals surface area contributed by atoms with Gasteiger partial charge in [-0.25, -0.2) is 9.78 Å². The molecule has 3 rings (SSSR count). The molecule has 28 heavy (non-hydrogen) atoms. The fraction of sp³-hybridized carbons (Fsp3) is 0.318. The van der Waals surface area contributed by atoms with Gasteiger partial charge in [0.2, 0.25) is 0 Å². The molecule has 146 valence electrons. The number of ether oxygens (including phenoxy) is 1. The number of rotatable bonds is 4. The standard InChI is InChI=1S/C22H25N3O3/c1-5-8-19-24-18-10-7-6-9-17(18)20(26)25(19)16-13-11-15(12-14-16)23-21(27)28-22(2,3)4/h6-7,9-14H,5,8H2,1-4H3,(H,23,27). The number of benzene rings is 2. The molecule has 0 fully saturated rings. The van der Waals surface area contributed by atoms with Gasteiger partial charge in [0.25, 0.3) is 5.56 Å².